The highest BCUT2D eigenvalue weighted by molar-refractivity contribution is 7.89. The molecule has 0 radical (unpaired) electrons. The van der Waals surface area contributed by atoms with Gasteiger partial charge in [-0.15, -0.1) is 0 Å². The van der Waals surface area contributed by atoms with Crippen LogP contribution >= 0.6 is 0 Å². The number of aryl methyl sites for hydroxylation is 2. The lowest BCUT2D eigenvalue weighted by molar-refractivity contribution is 0.0604. The van der Waals surface area contributed by atoms with Gasteiger partial charge in [-0.25, -0.2) is 8.42 Å². The molecule has 0 amide bonds. The number of nitrogens with two attached hydrogens (primary N) is 1. The van der Waals surface area contributed by atoms with Gasteiger partial charge in [0.15, 0.2) is 0 Å². The van der Waals surface area contributed by atoms with Crippen molar-refractivity contribution < 1.29 is 17.6 Å². The van der Waals surface area contributed by atoms with Gasteiger partial charge in [0.25, 0.3) is 0 Å². The summed E-state index contributed by atoms with van der Waals surface area (Å²) >= 11 is 0. The van der Waals surface area contributed by atoms with Crippen molar-refractivity contribution in [1.29, 1.82) is 0 Å². The number of nitrogens with zero attached hydrogens (tertiary/aromatic N) is 1. The predicted molar refractivity (Wildman–Crippen MR) is 74.9 cm³/mol. The maximum atomic E-state index is 12.8. The van der Waals surface area contributed by atoms with Gasteiger partial charge in [0.1, 0.15) is 16.4 Å². The van der Waals surface area contributed by atoms with E-state index in [0.717, 1.165) is 0 Å². The SMILES string of the molecule is COC1CCN(S(=O)(=O)c2c(C)oc(C)c2CN)CC1. The first kappa shape index (κ1) is 15.5. The maximum absolute atomic E-state index is 12.8. The Hall–Kier alpha value is -0.890. The number of methoxy groups -OCH3 is 1. The van der Waals surface area contributed by atoms with Crippen LogP contribution in [0.25, 0.3) is 0 Å². The second-order valence-electron chi connectivity index (χ2n) is 5.07. The summed E-state index contributed by atoms with van der Waals surface area (Å²) in [6, 6.07) is 0. The number of piperidine rings is 1. The maximum Gasteiger partial charge on any atom is 0.246 e. The lowest BCUT2D eigenvalue weighted by Crippen LogP contribution is -2.41. The molecule has 2 N–H and O–H groups in total. The molecule has 114 valence electrons. The summed E-state index contributed by atoms with van der Waals surface area (Å²) in [6.45, 7) is 4.50. The van der Waals surface area contributed by atoms with E-state index in [1.807, 2.05) is 0 Å². The molecule has 0 spiro atoms. The first-order valence-electron chi connectivity index (χ1n) is 6.73. The van der Waals surface area contributed by atoms with Crippen LogP contribution in [0.3, 0.4) is 0 Å². The van der Waals surface area contributed by atoms with Gasteiger partial charge >= 0.3 is 0 Å². The van der Waals surface area contributed by atoms with Crippen molar-refractivity contribution >= 4 is 10.0 Å². The number of hydrogen-bond acceptors (Lipinski definition) is 5. The molecule has 0 unspecified atom stereocenters. The lowest BCUT2D eigenvalue weighted by atomic mass is 10.1. The summed E-state index contributed by atoms with van der Waals surface area (Å²) < 4.78 is 37.7. The number of rotatable bonds is 4. The fourth-order valence-corrected chi connectivity index (χ4v) is 4.61. The fourth-order valence-electron chi connectivity index (χ4n) is 2.72. The van der Waals surface area contributed by atoms with E-state index in [4.69, 9.17) is 14.9 Å². The Morgan fingerprint density at radius 1 is 1.30 bits per heavy atom. The van der Waals surface area contributed by atoms with Crippen molar-refractivity contribution in [2.75, 3.05) is 20.2 Å². The highest BCUT2D eigenvalue weighted by Crippen LogP contribution is 2.30. The summed E-state index contributed by atoms with van der Waals surface area (Å²) in [4.78, 5) is 0.244. The van der Waals surface area contributed by atoms with E-state index in [1.54, 1.807) is 21.0 Å². The molecule has 0 atom stereocenters. The zero-order valence-corrected chi connectivity index (χ0v) is 13.0. The summed E-state index contributed by atoms with van der Waals surface area (Å²) in [6.07, 6.45) is 1.57. The van der Waals surface area contributed by atoms with Crippen LogP contribution in [0.2, 0.25) is 0 Å². The van der Waals surface area contributed by atoms with Gasteiger partial charge in [-0.05, 0) is 26.7 Å². The molecule has 0 aliphatic carbocycles. The van der Waals surface area contributed by atoms with E-state index in [0.29, 0.717) is 43.0 Å². The largest absolute Gasteiger partial charge is 0.465 e. The smallest absolute Gasteiger partial charge is 0.246 e. The lowest BCUT2D eigenvalue weighted by Gasteiger charge is -2.30. The van der Waals surface area contributed by atoms with Crippen LogP contribution < -0.4 is 5.73 Å². The van der Waals surface area contributed by atoms with Crippen molar-refractivity contribution in [3.8, 4) is 0 Å². The minimum Gasteiger partial charge on any atom is -0.465 e. The van der Waals surface area contributed by atoms with Crippen LogP contribution in [-0.4, -0.2) is 39.0 Å². The van der Waals surface area contributed by atoms with Crippen molar-refractivity contribution in [2.24, 2.45) is 5.73 Å². The van der Waals surface area contributed by atoms with Gasteiger partial charge in [-0.1, -0.05) is 0 Å². The van der Waals surface area contributed by atoms with Crippen molar-refractivity contribution in [2.45, 2.75) is 44.2 Å². The Balaban J connectivity index is 2.32. The molecule has 2 heterocycles. The molecule has 6 nitrogen and oxygen atoms in total. The summed E-state index contributed by atoms with van der Waals surface area (Å²) in [5.74, 6) is 0.993. The number of ether oxygens (including phenoxy) is 1. The van der Waals surface area contributed by atoms with Gasteiger partial charge in [0.05, 0.1) is 6.10 Å². The van der Waals surface area contributed by atoms with Crippen molar-refractivity contribution in [3.05, 3.63) is 17.1 Å². The average Bonchev–Trinajstić information content (AvgIpc) is 2.73. The monoisotopic (exact) mass is 302 g/mol. The highest BCUT2D eigenvalue weighted by Gasteiger charge is 2.34. The molecule has 20 heavy (non-hydrogen) atoms. The molecule has 1 aromatic rings. The molecule has 0 aromatic carbocycles. The van der Waals surface area contributed by atoms with Crippen molar-refractivity contribution in [1.82, 2.24) is 4.31 Å². The fraction of sp³-hybridized carbons (Fsp3) is 0.692. The average molecular weight is 302 g/mol. The second-order valence-corrected chi connectivity index (χ2v) is 6.94. The first-order chi connectivity index (χ1) is 9.41. The molecular formula is C13H22N2O4S. The van der Waals surface area contributed by atoms with E-state index in [1.165, 1.54) is 4.31 Å². The molecule has 1 aliphatic heterocycles. The van der Waals surface area contributed by atoms with Crippen LogP contribution in [0.1, 0.15) is 29.9 Å². The third-order valence-corrected chi connectivity index (χ3v) is 5.96. The normalized spacial score (nSPS) is 18.6. The third kappa shape index (κ3) is 2.63. The van der Waals surface area contributed by atoms with Crippen LogP contribution in [0, 0.1) is 13.8 Å². The molecule has 0 saturated carbocycles. The quantitative estimate of drug-likeness (QED) is 0.902. The van der Waals surface area contributed by atoms with E-state index < -0.39 is 10.0 Å². The molecular weight excluding hydrogens is 280 g/mol. The van der Waals surface area contributed by atoms with Gasteiger partial charge in [-0.3, -0.25) is 0 Å². The molecule has 0 bridgehead atoms. The van der Waals surface area contributed by atoms with Crippen molar-refractivity contribution in [3.63, 3.8) is 0 Å². The van der Waals surface area contributed by atoms with Gasteiger partial charge < -0.3 is 14.9 Å². The Morgan fingerprint density at radius 2 is 1.90 bits per heavy atom. The zero-order valence-electron chi connectivity index (χ0n) is 12.2. The molecule has 1 saturated heterocycles. The Bertz CT molecular complexity index is 571. The summed E-state index contributed by atoms with van der Waals surface area (Å²) in [5, 5.41) is 0. The third-order valence-electron chi connectivity index (χ3n) is 3.86. The topological polar surface area (TPSA) is 85.8 Å². The van der Waals surface area contributed by atoms with Gasteiger partial charge in [0.2, 0.25) is 10.0 Å². The summed E-state index contributed by atoms with van der Waals surface area (Å²) in [7, 11) is -1.88. The molecule has 1 aromatic heterocycles. The number of furan rings is 1. The second kappa shape index (κ2) is 5.85. The predicted octanol–water partition coefficient (Wildman–Crippen LogP) is 1.15. The van der Waals surface area contributed by atoms with Crippen LogP contribution in [0.5, 0.6) is 0 Å². The Labute approximate surface area is 119 Å². The molecule has 2 rings (SSSR count). The molecule has 1 aliphatic rings. The Kier molecular flexibility index (Phi) is 4.53. The van der Waals surface area contributed by atoms with E-state index in [-0.39, 0.29) is 17.5 Å². The van der Waals surface area contributed by atoms with Crippen LogP contribution in [0.15, 0.2) is 9.31 Å². The zero-order chi connectivity index (χ0) is 14.9. The molecule has 7 heteroatoms. The van der Waals surface area contributed by atoms with E-state index in [2.05, 4.69) is 0 Å². The standard InChI is InChI=1S/C13H22N2O4S/c1-9-12(8-14)13(10(2)19-9)20(16,17)15-6-4-11(18-3)5-7-15/h11H,4-8,14H2,1-3H3. The number of sulfonamides is 1. The summed E-state index contributed by atoms with van der Waals surface area (Å²) in [5.41, 5.74) is 6.25. The minimum absolute atomic E-state index is 0.141. The van der Waals surface area contributed by atoms with Gasteiger partial charge in [-0.2, -0.15) is 4.31 Å². The van der Waals surface area contributed by atoms with Crippen LogP contribution in [0.4, 0.5) is 0 Å². The Morgan fingerprint density at radius 3 is 2.40 bits per heavy atom. The molecule has 1 fully saturated rings. The minimum atomic E-state index is -3.54. The first-order valence-corrected chi connectivity index (χ1v) is 8.17. The van der Waals surface area contributed by atoms with Crippen LogP contribution in [-0.2, 0) is 21.3 Å². The highest BCUT2D eigenvalue weighted by atomic mass is 32.2. The van der Waals surface area contributed by atoms with Gasteiger partial charge in [0, 0.05) is 32.3 Å². The van der Waals surface area contributed by atoms with E-state index >= 15 is 0 Å². The number of hydrogen-bond donors (Lipinski definition) is 1. The van der Waals surface area contributed by atoms with E-state index in [9.17, 15) is 8.42 Å².